The molecule has 1 unspecified atom stereocenters. The van der Waals surface area contributed by atoms with Crippen molar-refractivity contribution in [3.8, 4) is 0 Å². The summed E-state index contributed by atoms with van der Waals surface area (Å²) in [4.78, 5) is 33.5. The van der Waals surface area contributed by atoms with Gasteiger partial charge >= 0.3 is 0 Å². The quantitative estimate of drug-likeness (QED) is 0.443. The van der Waals surface area contributed by atoms with Crippen LogP contribution < -0.4 is 16.0 Å². The summed E-state index contributed by atoms with van der Waals surface area (Å²) in [5, 5.41) is 8.61. The summed E-state index contributed by atoms with van der Waals surface area (Å²) in [6.07, 6.45) is 4.91. The second-order valence-electron chi connectivity index (χ2n) is 9.23. The van der Waals surface area contributed by atoms with Crippen LogP contribution in [0, 0.1) is 17.0 Å². The highest BCUT2D eigenvalue weighted by Gasteiger charge is 2.21. The van der Waals surface area contributed by atoms with Crippen molar-refractivity contribution in [3.63, 3.8) is 0 Å². The third-order valence-corrected chi connectivity index (χ3v) is 4.83. The van der Waals surface area contributed by atoms with Gasteiger partial charge in [-0.05, 0) is 42.5 Å². The maximum atomic E-state index is 13.3. The van der Waals surface area contributed by atoms with Crippen LogP contribution in [0.3, 0.4) is 0 Å². The van der Waals surface area contributed by atoms with Crippen LogP contribution in [0.4, 0.5) is 14.6 Å². The fourth-order valence-electron chi connectivity index (χ4n) is 3.11. The molecule has 2 rings (SSSR count). The van der Waals surface area contributed by atoms with Crippen molar-refractivity contribution < 1.29 is 18.4 Å². The van der Waals surface area contributed by atoms with Crippen LogP contribution in [0.25, 0.3) is 0 Å². The van der Waals surface area contributed by atoms with Gasteiger partial charge in [0.05, 0.1) is 24.5 Å². The molecule has 2 aromatic rings. The number of carbonyl (C=O) groups excluding carboxylic acids is 2. The van der Waals surface area contributed by atoms with Crippen molar-refractivity contribution in [2.75, 3.05) is 11.9 Å². The molecule has 0 aliphatic rings. The predicted octanol–water partition coefficient (Wildman–Crippen LogP) is 3.75. The minimum Gasteiger partial charge on any atom is -0.344 e. The van der Waals surface area contributed by atoms with Gasteiger partial charge in [-0.3, -0.25) is 14.6 Å². The highest BCUT2D eigenvalue weighted by molar-refractivity contribution is 5.96. The number of hydrogen-bond acceptors (Lipinski definition) is 5. The normalized spacial score (nSPS) is 12.3. The molecule has 0 fully saturated rings. The molecule has 0 spiro atoms. The van der Waals surface area contributed by atoms with Crippen LogP contribution in [0.15, 0.2) is 30.6 Å². The first-order chi connectivity index (χ1) is 15.6. The zero-order valence-corrected chi connectivity index (χ0v) is 19.7. The molecule has 0 saturated carbocycles. The van der Waals surface area contributed by atoms with Crippen LogP contribution in [-0.4, -0.2) is 34.4 Å². The summed E-state index contributed by atoms with van der Waals surface area (Å²) in [6.45, 7) is 9.87. The molecule has 9 heteroatoms. The van der Waals surface area contributed by atoms with Gasteiger partial charge in [0.1, 0.15) is 17.7 Å². The molecule has 0 saturated heterocycles. The number of aromatic nitrogens is 2. The number of halogens is 2. The summed E-state index contributed by atoms with van der Waals surface area (Å²) in [5.41, 5.74) is 1.20. The number of benzene rings is 1. The van der Waals surface area contributed by atoms with E-state index in [2.05, 4.69) is 46.7 Å². The molecule has 0 aliphatic carbocycles. The molecule has 180 valence electrons. The van der Waals surface area contributed by atoms with Gasteiger partial charge in [-0.15, -0.1) is 0 Å². The van der Waals surface area contributed by atoms with Gasteiger partial charge in [-0.25, -0.2) is 13.8 Å². The van der Waals surface area contributed by atoms with E-state index >= 15 is 0 Å². The van der Waals surface area contributed by atoms with Gasteiger partial charge in [-0.2, -0.15) is 0 Å². The summed E-state index contributed by atoms with van der Waals surface area (Å²) in [6, 6.07) is 2.11. The number of rotatable bonds is 11. The molecule has 1 heterocycles. The molecule has 7 nitrogen and oxygen atoms in total. The van der Waals surface area contributed by atoms with Crippen LogP contribution in [0.1, 0.15) is 58.2 Å². The lowest BCUT2D eigenvalue weighted by Crippen LogP contribution is -2.44. The van der Waals surface area contributed by atoms with E-state index in [1.54, 1.807) is 6.20 Å². The topological polar surface area (TPSA) is 96.0 Å². The van der Waals surface area contributed by atoms with Crippen LogP contribution >= 0.6 is 0 Å². The number of anilines is 1. The van der Waals surface area contributed by atoms with Gasteiger partial charge in [0.2, 0.25) is 11.8 Å². The van der Waals surface area contributed by atoms with Crippen LogP contribution in [-0.2, 0) is 22.6 Å². The number of amides is 2. The Morgan fingerprint density at radius 1 is 1.06 bits per heavy atom. The Kier molecular flexibility index (Phi) is 9.84. The van der Waals surface area contributed by atoms with E-state index in [0.717, 1.165) is 36.9 Å². The summed E-state index contributed by atoms with van der Waals surface area (Å²) in [7, 11) is 0. The molecule has 2 amide bonds. The molecule has 0 bridgehead atoms. The largest absolute Gasteiger partial charge is 0.344 e. The molecule has 0 aliphatic heterocycles. The van der Waals surface area contributed by atoms with E-state index in [4.69, 9.17) is 0 Å². The van der Waals surface area contributed by atoms with Crippen molar-refractivity contribution in [2.24, 2.45) is 5.41 Å². The Balaban J connectivity index is 1.88. The highest BCUT2D eigenvalue weighted by Crippen LogP contribution is 2.17. The Morgan fingerprint density at radius 2 is 1.76 bits per heavy atom. The van der Waals surface area contributed by atoms with E-state index < -0.39 is 29.5 Å². The summed E-state index contributed by atoms with van der Waals surface area (Å²) in [5.74, 6) is -2.17. The zero-order valence-electron chi connectivity index (χ0n) is 19.7. The van der Waals surface area contributed by atoms with E-state index in [1.807, 2.05) is 6.92 Å². The minimum absolute atomic E-state index is 0.193. The minimum atomic E-state index is -0.804. The maximum absolute atomic E-state index is 13.3. The number of carbonyl (C=O) groups is 2. The zero-order chi connectivity index (χ0) is 24.4. The first-order valence-electron chi connectivity index (χ1n) is 11.1. The Morgan fingerprint density at radius 3 is 2.33 bits per heavy atom. The lowest BCUT2D eigenvalue weighted by Gasteiger charge is -2.18. The number of nitrogens with one attached hydrogen (secondary N) is 3. The predicted molar refractivity (Wildman–Crippen MR) is 123 cm³/mol. The number of hydrogen-bond donors (Lipinski definition) is 3. The van der Waals surface area contributed by atoms with Crippen molar-refractivity contribution in [3.05, 3.63) is 53.5 Å². The third-order valence-electron chi connectivity index (χ3n) is 4.83. The monoisotopic (exact) mass is 461 g/mol. The Hall–Kier alpha value is -2.94. The van der Waals surface area contributed by atoms with Crippen molar-refractivity contribution >= 4 is 17.6 Å². The molecular weight excluding hydrogens is 428 g/mol. The number of nitrogens with zero attached hydrogens (tertiary/aromatic N) is 2. The fourth-order valence-corrected chi connectivity index (χ4v) is 3.11. The van der Waals surface area contributed by atoms with Crippen molar-refractivity contribution in [1.82, 2.24) is 20.6 Å². The SMILES string of the molecule is CCCC(NC(=O)Cc1cc(F)cc(F)c1)C(=O)Nc1cnc(CNCCC(C)(C)C)cn1. The molecule has 0 radical (unpaired) electrons. The van der Waals surface area contributed by atoms with Crippen molar-refractivity contribution in [2.45, 2.75) is 66.0 Å². The lowest BCUT2D eigenvalue weighted by atomic mass is 9.92. The first kappa shape index (κ1) is 26.3. The molecule has 1 atom stereocenters. The molecule has 1 aromatic carbocycles. The van der Waals surface area contributed by atoms with E-state index in [-0.39, 0.29) is 23.2 Å². The lowest BCUT2D eigenvalue weighted by molar-refractivity contribution is -0.126. The average molecular weight is 462 g/mol. The van der Waals surface area contributed by atoms with E-state index in [0.29, 0.717) is 19.4 Å². The second kappa shape index (κ2) is 12.3. The summed E-state index contributed by atoms with van der Waals surface area (Å²) >= 11 is 0. The Bertz CT molecular complexity index is 909. The average Bonchev–Trinajstić information content (AvgIpc) is 2.70. The Labute approximate surface area is 193 Å². The van der Waals surface area contributed by atoms with Gasteiger partial charge in [0, 0.05) is 12.6 Å². The standard InChI is InChI=1S/C24H33F2N5O2/c1-5-6-20(30-22(32)11-16-9-17(25)12-18(26)10-16)23(33)31-21-15-28-19(14-29-21)13-27-8-7-24(2,3)4/h9-10,12,14-15,20,27H,5-8,11,13H2,1-4H3,(H,30,32)(H,29,31,33). The maximum Gasteiger partial charge on any atom is 0.248 e. The molecule has 33 heavy (non-hydrogen) atoms. The van der Waals surface area contributed by atoms with E-state index in [9.17, 15) is 18.4 Å². The first-order valence-corrected chi connectivity index (χ1v) is 11.1. The smallest absolute Gasteiger partial charge is 0.248 e. The van der Waals surface area contributed by atoms with E-state index in [1.165, 1.54) is 6.20 Å². The molecular formula is C24H33F2N5O2. The van der Waals surface area contributed by atoms with Gasteiger partial charge in [0.15, 0.2) is 5.82 Å². The van der Waals surface area contributed by atoms with Gasteiger partial charge < -0.3 is 16.0 Å². The van der Waals surface area contributed by atoms with Crippen LogP contribution in [0.5, 0.6) is 0 Å². The van der Waals surface area contributed by atoms with Crippen molar-refractivity contribution in [1.29, 1.82) is 0 Å². The molecule has 1 aromatic heterocycles. The van der Waals surface area contributed by atoms with Crippen LogP contribution in [0.2, 0.25) is 0 Å². The third kappa shape index (κ3) is 10.0. The molecule has 3 N–H and O–H groups in total. The highest BCUT2D eigenvalue weighted by atomic mass is 19.1. The second-order valence-corrected chi connectivity index (χ2v) is 9.23. The van der Waals surface area contributed by atoms with Gasteiger partial charge in [-0.1, -0.05) is 34.1 Å². The fraction of sp³-hybridized carbons (Fsp3) is 0.500. The van der Waals surface area contributed by atoms with Gasteiger partial charge in [0.25, 0.3) is 0 Å². The summed E-state index contributed by atoms with van der Waals surface area (Å²) < 4.78 is 26.7.